The first-order valence-electron chi connectivity index (χ1n) is 14.6. The molecule has 6 rings (SSSR count). The number of alkyl halides is 1. The van der Waals surface area contributed by atoms with Crippen molar-refractivity contribution in [3.05, 3.63) is 77.2 Å². The van der Waals surface area contributed by atoms with Crippen LogP contribution in [0.1, 0.15) is 68.7 Å². The Hall–Kier alpha value is -2.92. The summed E-state index contributed by atoms with van der Waals surface area (Å²) in [5, 5.41) is 0. The Bertz CT molecular complexity index is 1270. The van der Waals surface area contributed by atoms with Gasteiger partial charge in [0, 0.05) is 44.0 Å². The van der Waals surface area contributed by atoms with E-state index in [2.05, 4.69) is 54.7 Å². The molecular formula is C34H39FNO3. The number of carbonyl (C=O) groups is 1. The number of nitrogens with zero attached hydrogens (tertiary/aromatic N) is 1. The maximum Gasteiger partial charge on any atom is 0.146 e. The lowest BCUT2D eigenvalue weighted by Gasteiger charge is -2.37. The third kappa shape index (κ3) is 5.84. The highest BCUT2D eigenvalue weighted by Crippen LogP contribution is 2.51. The number of allylic oxidation sites excluding steroid dienone is 3. The molecule has 1 saturated carbocycles. The quantitative estimate of drug-likeness (QED) is 0.308. The van der Waals surface area contributed by atoms with Crippen LogP contribution in [-0.2, 0) is 4.79 Å². The van der Waals surface area contributed by atoms with Gasteiger partial charge in [-0.2, -0.15) is 0 Å². The molecule has 3 atom stereocenters. The number of halogens is 1. The lowest BCUT2D eigenvalue weighted by atomic mass is 9.81. The third-order valence-corrected chi connectivity index (χ3v) is 9.01. The minimum Gasteiger partial charge on any atom is -0.492 e. The van der Waals surface area contributed by atoms with E-state index in [0.717, 1.165) is 56.0 Å². The van der Waals surface area contributed by atoms with Gasteiger partial charge in [0.25, 0.3) is 0 Å². The largest absolute Gasteiger partial charge is 0.492 e. The van der Waals surface area contributed by atoms with Gasteiger partial charge < -0.3 is 14.3 Å². The van der Waals surface area contributed by atoms with Crippen molar-refractivity contribution in [1.82, 2.24) is 4.90 Å². The topological polar surface area (TPSA) is 38.8 Å². The van der Waals surface area contributed by atoms with Gasteiger partial charge in [0.1, 0.15) is 30.0 Å². The van der Waals surface area contributed by atoms with E-state index in [-0.39, 0.29) is 24.5 Å². The molecule has 2 aliphatic heterocycles. The van der Waals surface area contributed by atoms with E-state index in [1.807, 2.05) is 12.1 Å². The van der Waals surface area contributed by atoms with Crippen LogP contribution in [0.25, 0.3) is 11.1 Å². The number of fused-ring (bicyclic) bond motifs is 1. The van der Waals surface area contributed by atoms with Crippen LogP contribution in [-0.4, -0.2) is 43.6 Å². The molecule has 0 amide bonds. The minimum absolute atomic E-state index is 0.126. The number of ether oxygens (including phenoxy) is 2. The fourth-order valence-corrected chi connectivity index (χ4v) is 6.67. The summed E-state index contributed by atoms with van der Waals surface area (Å²) in [6.45, 7) is 6.85. The van der Waals surface area contributed by atoms with Crippen molar-refractivity contribution in [2.45, 2.75) is 52.1 Å². The zero-order chi connectivity index (χ0) is 26.9. The molecule has 39 heavy (non-hydrogen) atoms. The first-order valence-corrected chi connectivity index (χ1v) is 14.6. The average molecular weight is 529 g/mol. The predicted octanol–water partition coefficient (Wildman–Crippen LogP) is 7.26. The molecule has 2 aliphatic carbocycles. The summed E-state index contributed by atoms with van der Waals surface area (Å²) in [4.78, 5) is 13.8. The fourth-order valence-electron chi connectivity index (χ4n) is 6.67. The van der Waals surface area contributed by atoms with Gasteiger partial charge in [-0.25, -0.2) is 0 Å². The molecule has 0 bridgehead atoms. The normalized spacial score (nSPS) is 24.6. The predicted molar refractivity (Wildman–Crippen MR) is 153 cm³/mol. The molecule has 0 N–H and O–H groups in total. The van der Waals surface area contributed by atoms with Crippen LogP contribution >= 0.6 is 0 Å². The molecular weight excluding hydrogens is 489 g/mol. The first-order chi connectivity index (χ1) is 19.0. The second-order valence-corrected chi connectivity index (χ2v) is 11.9. The lowest BCUT2D eigenvalue weighted by Crippen LogP contribution is -2.49. The first kappa shape index (κ1) is 26.3. The molecule has 2 aromatic rings. The van der Waals surface area contributed by atoms with Crippen LogP contribution in [0.5, 0.6) is 11.5 Å². The van der Waals surface area contributed by atoms with Gasteiger partial charge in [-0.05, 0) is 103 Å². The van der Waals surface area contributed by atoms with E-state index < -0.39 is 0 Å². The molecule has 3 unspecified atom stereocenters. The number of benzene rings is 2. The molecule has 205 valence electrons. The van der Waals surface area contributed by atoms with Gasteiger partial charge in [0.05, 0.1) is 6.67 Å². The van der Waals surface area contributed by atoms with E-state index in [4.69, 9.17) is 9.47 Å². The molecule has 2 fully saturated rings. The van der Waals surface area contributed by atoms with Crippen LogP contribution < -0.4 is 9.47 Å². The van der Waals surface area contributed by atoms with Gasteiger partial charge in [-0.3, -0.25) is 9.29 Å². The van der Waals surface area contributed by atoms with E-state index >= 15 is 0 Å². The van der Waals surface area contributed by atoms with Gasteiger partial charge in [0.15, 0.2) is 0 Å². The Labute approximate surface area is 231 Å². The van der Waals surface area contributed by atoms with Crippen LogP contribution in [0.3, 0.4) is 0 Å². The van der Waals surface area contributed by atoms with Gasteiger partial charge in [-0.15, -0.1) is 0 Å². The zero-order valence-electron chi connectivity index (χ0n) is 23.1. The third-order valence-electron chi connectivity index (χ3n) is 9.01. The van der Waals surface area contributed by atoms with Crippen LogP contribution in [0.15, 0.2) is 54.1 Å². The maximum atomic E-state index is 12.7. The molecule has 0 aromatic heterocycles. The van der Waals surface area contributed by atoms with Crippen LogP contribution in [0, 0.1) is 24.2 Å². The van der Waals surface area contributed by atoms with E-state index in [0.29, 0.717) is 24.9 Å². The Morgan fingerprint density at radius 1 is 1.10 bits per heavy atom. The van der Waals surface area contributed by atoms with Crippen LogP contribution in [0.4, 0.5) is 4.39 Å². The molecule has 1 saturated heterocycles. The Morgan fingerprint density at radius 3 is 2.62 bits per heavy atom. The zero-order valence-corrected chi connectivity index (χ0v) is 23.1. The maximum absolute atomic E-state index is 12.7. The molecule has 2 aromatic carbocycles. The van der Waals surface area contributed by atoms with Gasteiger partial charge >= 0.3 is 0 Å². The fraction of sp³-hybridized carbons (Fsp3) is 0.471. The SMILES string of the molecule is CC(=O)CCC1CCC(C2=C(C)c3cc(C4=C[CH]4)ccc3OC2c2ccc(OCCN3CC(CF)C3)cc2)C1. The number of likely N-dealkylation sites (tertiary alicyclic amines) is 1. The van der Waals surface area contributed by atoms with E-state index in [1.54, 1.807) is 6.92 Å². The highest BCUT2D eigenvalue weighted by atomic mass is 19.1. The second-order valence-electron chi connectivity index (χ2n) is 11.9. The number of hydrogen-bond acceptors (Lipinski definition) is 4. The van der Waals surface area contributed by atoms with Crippen molar-refractivity contribution >= 4 is 16.9 Å². The van der Waals surface area contributed by atoms with E-state index in [9.17, 15) is 9.18 Å². The number of ketones is 1. The molecule has 1 radical (unpaired) electrons. The smallest absolute Gasteiger partial charge is 0.146 e. The molecule has 4 nitrogen and oxygen atoms in total. The number of rotatable bonds is 11. The summed E-state index contributed by atoms with van der Waals surface area (Å²) in [5.74, 6) is 3.34. The van der Waals surface area contributed by atoms with Crippen molar-refractivity contribution in [3.8, 4) is 11.5 Å². The second kappa shape index (κ2) is 11.3. The number of Topliss-reactive ketones (excluding diaryl/α,β-unsaturated/α-hetero) is 1. The summed E-state index contributed by atoms with van der Waals surface area (Å²) >= 11 is 0. The summed E-state index contributed by atoms with van der Waals surface area (Å²) in [6.07, 6.45) is 9.29. The summed E-state index contributed by atoms with van der Waals surface area (Å²) < 4.78 is 25.5. The highest BCUT2D eigenvalue weighted by molar-refractivity contribution is 5.89. The Kier molecular flexibility index (Phi) is 7.61. The molecule has 0 spiro atoms. The van der Waals surface area contributed by atoms with Gasteiger partial charge in [0.2, 0.25) is 0 Å². The monoisotopic (exact) mass is 528 g/mol. The Morgan fingerprint density at radius 2 is 1.90 bits per heavy atom. The summed E-state index contributed by atoms with van der Waals surface area (Å²) in [5.41, 5.74) is 7.63. The van der Waals surface area contributed by atoms with Crippen molar-refractivity contribution in [1.29, 1.82) is 0 Å². The van der Waals surface area contributed by atoms with Crippen LogP contribution in [0.2, 0.25) is 0 Å². The molecule has 5 heteroatoms. The number of hydrogen-bond donors (Lipinski definition) is 0. The summed E-state index contributed by atoms with van der Waals surface area (Å²) in [6, 6.07) is 14.9. The lowest BCUT2D eigenvalue weighted by molar-refractivity contribution is -0.117. The summed E-state index contributed by atoms with van der Waals surface area (Å²) in [7, 11) is 0. The highest BCUT2D eigenvalue weighted by Gasteiger charge is 2.37. The Balaban J connectivity index is 1.20. The molecule has 2 heterocycles. The van der Waals surface area contributed by atoms with Crippen molar-refractivity contribution in [2.75, 3.05) is 32.9 Å². The van der Waals surface area contributed by atoms with Crippen molar-refractivity contribution in [3.63, 3.8) is 0 Å². The van der Waals surface area contributed by atoms with E-state index in [1.165, 1.54) is 34.3 Å². The van der Waals surface area contributed by atoms with Crippen molar-refractivity contribution < 1.29 is 18.7 Å². The van der Waals surface area contributed by atoms with Crippen molar-refractivity contribution in [2.24, 2.45) is 17.8 Å². The average Bonchev–Trinajstić information content (AvgIpc) is 3.67. The standard InChI is InChI=1S/C34H39FNO3/c1-22(37)3-4-24-5-6-29(17-24)33-23(2)31-18-28(26-7-8-26)11-14-32(31)39-34(33)27-9-12-30(13-10-27)38-16-15-36-20-25(19-35)21-36/h7-14,18,24-25,29,34H,3-6,15-17,19-21H2,1-2H3. The molecule has 4 aliphatic rings. The number of carbonyl (C=O) groups excluding carboxylic acids is 1. The minimum atomic E-state index is -0.222. The van der Waals surface area contributed by atoms with Gasteiger partial charge in [-0.1, -0.05) is 24.3 Å².